The fraction of sp³-hybridized carbons (Fsp3) is 0.625. The molecule has 1 aliphatic heterocycles. The lowest BCUT2D eigenvalue weighted by molar-refractivity contribution is -0.0290. The number of rotatable bonds is 5. The monoisotopic (exact) mass is 304 g/mol. The maximum atomic E-state index is 11.8. The highest BCUT2D eigenvalue weighted by Gasteiger charge is 2.34. The molecule has 0 radical (unpaired) electrons. The molecule has 1 saturated carbocycles. The van der Waals surface area contributed by atoms with Crippen molar-refractivity contribution >= 4 is 11.8 Å². The highest BCUT2D eigenvalue weighted by atomic mass is 16.3. The van der Waals surface area contributed by atoms with Crippen LogP contribution in [0, 0.1) is 0 Å². The van der Waals surface area contributed by atoms with Gasteiger partial charge in [0.05, 0.1) is 5.60 Å². The Hall–Kier alpha value is -1.82. The number of hydrogen-bond donors (Lipinski definition) is 3. The van der Waals surface area contributed by atoms with E-state index in [1.165, 1.54) is 12.8 Å². The molecule has 0 unspecified atom stereocenters. The van der Waals surface area contributed by atoms with Crippen molar-refractivity contribution in [1.29, 1.82) is 0 Å². The fourth-order valence-corrected chi connectivity index (χ4v) is 2.94. The van der Waals surface area contributed by atoms with Gasteiger partial charge in [-0.15, -0.1) is 0 Å². The second kappa shape index (κ2) is 6.52. The number of aliphatic hydroxyl groups is 1. The lowest BCUT2D eigenvalue weighted by Gasteiger charge is -2.36. The maximum Gasteiger partial charge on any atom is 0.315 e. The third-order valence-electron chi connectivity index (χ3n) is 4.56. The topological polar surface area (TPSA) is 77.5 Å². The molecule has 0 aromatic carbocycles. The van der Waals surface area contributed by atoms with E-state index in [1.54, 1.807) is 6.20 Å². The first-order valence-electron chi connectivity index (χ1n) is 8.09. The Bertz CT molecular complexity index is 525. The molecule has 3 rings (SSSR count). The standard InChI is InChI=1S/C16H24N4O2/c21-15(19-12-16(22)5-3-6-16)18-11-13-4-7-17-14(10-13)20-8-1-2-9-20/h4,7,10,22H,1-3,5-6,8-9,11-12H2,(H2,18,19,21). The lowest BCUT2D eigenvalue weighted by atomic mass is 9.80. The quantitative estimate of drug-likeness (QED) is 0.768. The van der Waals surface area contributed by atoms with Crippen molar-refractivity contribution in [2.45, 2.75) is 44.2 Å². The molecule has 0 bridgehead atoms. The molecular weight excluding hydrogens is 280 g/mol. The van der Waals surface area contributed by atoms with Crippen molar-refractivity contribution in [2.75, 3.05) is 24.5 Å². The molecule has 1 aliphatic carbocycles. The van der Waals surface area contributed by atoms with Gasteiger partial charge in [0.2, 0.25) is 0 Å². The van der Waals surface area contributed by atoms with Crippen LogP contribution in [0.3, 0.4) is 0 Å². The van der Waals surface area contributed by atoms with Gasteiger partial charge in [-0.1, -0.05) is 0 Å². The molecule has 1 aromatic heterocycles. The van der Waals surface area contributed by atoms with Crippen LogP contribution in [0.4, 0.5) is 10.6 Å². The van der Waals surface area contributed by atoms with E-state index < -0.39 is 5.60 Å². The average Bonchev–Trinajstić information content (AvgIpc) is 3.04. The van der Waals surface area contributed by atoms with Gasteiger partial charge in [0, 0.05) is 32.4 Å². The highest BCUT2D eigenvalue weighted by molar-refractivity contribution is 5.73. The summed E-state index contributed by atoms with van der Waals surface area (Å²) in [5, 5.41) is 15.5. The first kappa shape index (κ1) is 15.1. The molecule has 22 heavy (non-hydrogen) atoms. The minimum Gasteiger partial charge on any atom is -0.388 e. The summed E-state index contributed by atoms with van der Waals surface area (Å²) in [7, 11) is 0. The predicted octanol–water partition coefficient (Wildman–Crippen LogP) is 1.40. The van der Waals surface area contributed by atoms with Crippen LogP contribution in [-0.4, -0.2) is 41.4 Å². The van der Waals surface area contributed by atoms with E-state index in [4.69, 9.17) is 0 Å². The Morgan fingerprint density at radius 2 is 2.05 bits per heavy atom. The summed E-state index contributed by atoms with van der Waals surface area (Å²) in [6.07, 6.45) is 6.81. The normalized spacial score (nSPS) is 19.6. The van der Waals surface area contributed by atoms with Gasteiger partial charge in [-0.25, -0.2) is 9.78 Å². The van der Waals surface area contributed by atoms with Gasteiger partial charge in [0.25, 0.3) is 0 Å². The van der Waals surface area contributed by atoms with Crippen LogP contribution in [0.25, 0.3) is 0 Å². The zero-order chi connectivity index (χ0) is 15.4. The Morgan fingerprint density at radius 3 is 2.73 bits per heavy atom. The minimum atomic E-state index is -0.684. The van der Waals surface area contributed by atoms with Gasteiger partial charge < -0.3 is 20.6 Å². The minimum absolute atomic E-state index is 0.236. The van der Waals surface area contributed by atoms with Crippen LogP contribution in [0.5, 0.6) is 0 Å². The summed E-state index contributed by atoms with van der Waals surface area (Å²) < 4.78 is 0. The number of anilines is 1. The van der Waals surface area contributed by atoms with Crippen LogP contribution in [0.2, 0.25) is 0 Å². The second-order valence-corrected chi connectivity index (χ2v) is 6.33. The van der Waals surface area contributed by atoms with Gasteiger partial charge in [-0.3, -0.25) is 0 Å². The molecule has 3 N–H and O–H groups in total. The van der Waals surface area contributed by atoms with E-state index in [-0.39, 0.29) is 6.03 Å². The summed E-state index contributed by atoms with van der Waals surface area (Å²) in [4.78, 5) is 18.5. The molecule has 0 atom stereocenters. The Labute approximate surface area is 130 Å². The third kappa shape index (κ3) is 3.68. The van der Waals surface area contributed by atoms with Gasteiger partial charge >= 0.3 is 6.03 Å². The number of pyridine rings is 1. The summed E-state index contributed by atoms with van der Waals surface area (Å²) in [6, 6.07) is 3.71. The number of hydrogen-bond acceptors (Lipinski definition) is 4. The van der Waals surface area contributed by atoms with Crippen LogP contribution in [0.15, 0.2) is 18.3 Å². The molecule has 2 heterocycles. The van der Waals surface area contributed by atoms with Gasteiger partial charge in [0.15, 0.2) is 0 Å². The second-order valence-electron chi connectivity index (χ2n) is 6.33. The van der Waals surface area contributed by atoms with Crippen molar-refractivity contribution in [1.82, 2.24) is 15.6 Å². The van der Waals surface area contributed by atoms with E-state index >= 15 is 0 Å². The first-order valence-corrected chi connectivity index (χ1v) is 8.09. The van der Waals surface area contributed by atoms with Crippen LogP contribution in [-0.2, 0) is 6.54 Å². The number of amides is 2. The summed E-state index contributed by atoms with van der Waals surface area (Å²) >= 11 is 0. The summed E-state index contributed by atoms with van der Waals surface area (Å²) in [6.45, 7) is 2.91. The largest absolute Gasteiger partial charge is 0.388 e. The van der Waals surface area contributed by atoms with E-state index in [1.807, 2.05) is 12.1 Å². The molecule has 1 saturated heterocycles. The molecular formula is C16H24N4O2. The molecule has 1 aromatic rings. The molecule has 120 valence electrons. The maximum absolute atomic E-state index is 11.8. The third-order valence-corrected chi connectivity index (χ3v) is 4.56. The smallest absolute Gasteiger partial charge is 0.315 e. The van der Waals surface area contributed by atoms with Crippen molar-refractivity contribution in [3.05, 3.63) is 23.9 Å². The molecule has 0 spiro atoms. The van der Waals surface area contributed by atoms with Gasteiger partial charge in [-0.05, 0) is 49.8 Å². The predicted molar refractivity (Wildman–Crippen MR) is 84.7 cm³/mol. The Balaban J connectivity index is 1.46. The van der Waals surface area contributed by atoms with Crippen molar-refractivity contribution in [3.8, 4) is 0 Å². The molecule has 2 amide bonds. The number of carbonyl (C=O) groups is 1. The number of nitrogens with one attached hydrogen (secondary N) is 2. The van der Waals surface area contributed by atoms with Gasteiger partial charge in [0.1, 0.15) is 5.82 Å². The van der Waals surface area contributed by atoms with E-state index in [2.05, 4.69) is 20.5 Å². The van der Waals surface area contributed by atoms with Crippen LogP contribution >= 0.6 is 0 Å². The van der Waals surface area contributed by atoms with Crippen molar-refractivity contribution in [2.24, 2.45) is 0 Å². The van der Waals surface area contributed by atoms with E-state index in [0.29, 0.717) is 13.1 Å². The van der Waals surface area contributed by atoms with Gasteiger partial charge in [-0.2, -0.15) is 0 Å². The summed E-state index contributed by atoms with van der Waals surface area (Å²) in [5.41, 5.74) is 0.353. The number of nitrogens with zero attached hydrogens (tertiary/aromatic N) is 2. The fourth-order valence-electron chi connectivity index (χ4n) is 2.94. The molecule has 6 heteroatoms. The first-order chi connectivity index (χ1) is 10.6. The van der Waals surface area contributed by atoms with Crippen molar-refractivity contribution < 1.29 is 9.90 Å². The summed E-state index contributed by atoms with van der Waals surface area (Å²) in [5.74, 6) is 0.987. The molecule has 6 nitrogen and oxygen atoms in total. The Morgan fingerprint density at radius 1 is 1.27 bits per heavy atom. The van der Waals surface area contributed by atoms with E-state index in [0.717, 1.165) is 43.7 Å². The highest BCUT2D eigenvalue weighted by Crippen LogP contribution is 2.30. The number of aromatic nitrogens is 1. The zero-order valence-electron chi connectivity index (χ0n) is 12.8. The SMILES string of the molecule is O=C(NCc1ccnc(N2CCCC2)c1)NCC1(O)CCC1. The van der Waals surface area contributed by atoms with E-state index in [9.17, 15) is 9.90 Å². The Kier molecular flexibility index (Phi) is 4.47. The lowest BCUT2D eigenvalue weighted by Crippen LogP contribution is -2.49. The van der Waals surface area contributed by atoms with Crippen molar-refractivity contribution in [3.63, 3.8) is 0 Å². The van der Waals surface area contributed by atoms with Crippen LogP contribution in [0.1, 0.15) is 37.7 Å². The zero-order valence-corrected chi connectivity index (χ0v) is 12.8. The molecule has 2 fully saturated rings. The average molecular weight is 304 g/mol. The number of carbonyl (C=O) groups excluding carboxylic acids is 1. The number of urea groups is 1. The molecule has 2 aliphatic rings. The van der Waals surface area contributed by atoms with Crippen LogP contribution < -0.4 is 15.5 Å².